The minimum absolute atomic E-state index is 0.180. The quantitative estimate of drug-likeness (QED) is 0.831. The number of amides is 1. The van der Waals surface area contributed by atoms with E-state index in [0.717, 1.165) is 38.2 Å². The third-order valence-corrected chi connectivity index (χ3v) is 4.64. The van der Waals surface area contributed by atoms with Crippen LogP contribution in [0.3, 0.4) is 0 Å². The van der Waals surface area contributed by atoms with E-state index in [1.165, 1.54) is 0 Å². The Morgan fingerprint density at radius 2 is 2.23 bits per heavy atom. The van der Waals surface area contributed by atoms with Crippen molar-refractivity contribution in [3.63, 3.8) is 0 Å². The molecule has 1 aromatic rings. The van der Waals surface area contributed by atoms with Crippen LogP contribution in [-0.4, -0.2) is 59.0 Å². The maximum Gasteiger partial charge on any atom is 0.290 e. The number of aromatic nitrogens is 1. The van der Waals surface area contributed by atoms with E-state index in [9.17, 15) is 4.79 Å². The van der Waals surface area contributed by atoms with Gasteiger partial charge in [-0.1, -0.05) is 11.6 Å². The van der Waals surface area contributed by atoms with Crippen molar-refractivity contribution in [1.82, 2.24) is 14.8 Å². The summed E-state index contributed by atoms with van der Waals surface area (Å²) in [5.41, 5.74) is 1.09. The number of piperidine rings is 1. The van der Waals surface area contributed by atoms with Crippen molar-refractivity contribution >= 4 is 24.0 Å². The third-order valence-electron chi connectivity index (χ3n) is 4.30. The number of rotatable bonds is 2. The zero-order valence-electron chi connectivity index (χ0n) is 12.5. The van der Waals surface area contributed by atoms with Crippen molar-refractivity contribution in [3.8, 4) is 0 Å². The number of halogens is 1. The molecule has 3 rings (SSSR count). The van der Waals surface area contributed by atoms with Gasteiger partial charge < -0.3 is 10.0 Å². The second-order valence-corrected chi connectivity index (χ2v) is 6.09. The molecular weight excluding hydrogens is 306 g/mol. The van der Waals surface area contributed by atoms with Crippen molar-refractivity contribution in [2.45, 2.75) is 13.0 Å². The number of hydrogen-bond acceptors (Lipinski definition) is 4. The summed E-state index contributed by atoms with van der Waals surface area (Å²) in [4.78, 5) is 28.7. The summed E-state index contributed by atoms with van der Waals surface area (Å²) in [5, 5.41) is 7.60. The molecule has 22 heavy (non-hydrogen) atoms. The number of hydrogen-bond donors (Lipinski definition) is 1. The van der Waals surface area contributed by atoms with E-state index in [2.05, 4.69) is 9.88 Å². The molecule has 1 amide bonds. The fourth-order valence-electron chi connectivity index (χ4n) is 3.19. The van der Waals surface area contributed by atoms with Crippen molar-refractivity contribution < 1.29 is 14.7 Å². The number of pyridine rings is 1. The van der Waals surface area contributed by atoms with Crippen LogP contribution in [0.5, 0.6) is 0 Å². The van der Waals surface area contributed by atoms with Crippen molar-refractivity contribution in [1.29, 1.82) is 0 Å². The summed E-state index contributed by atoms with van der Waals surface area (Å²) >= 11 is 6.14. The van der Waals surface area contributed by atoms with Crippen LogP contribution in [-0.2, 0) is 16.1 Å². The third kappa shape index (κ3) is 3.75. The topological polar surface area (TPSA) is 73.7 Å². The lowest BCUT2D eigenvalue weighted by Gasteiger charge is -2.30. The fraction of sp³-hybridized carbons (Fsp3) is 0.533. The Morgan fingerprint density at radius 1 is 1.50 bits per heavy atom. The molecule has 2 saturated heterocycles. The standard InChI is InChI=1S/C14H18ClN3O.CH2O2/c1-17-5-3-10-7-18(9-12(10)14(17)19)8-11-2-4-16-6-13(11)15;2-1-3/h2,4,6,10,12H,3,5,7-9H2,1H3;1H,(H,2,3)/t10-,12+;/m1./s1. The van der Waals surface area contributed by atoms with E-state index in [1.807, 2.05) is 18.0 Å². The fourth-order valence-corrected chi connectivity index (χ4v) is 3.37. The highest BCUT2D eigenvalue weighted by Crippen LogP contribution is 2.32. The Balaban J connectivity index is 0.000000545. The number of carboxylic acid groups (broad SMARTS) is 1. The predicted molar refractivity (Wildman–Crippen MR) is 82.5 cm³/mol. The second-order valence-electron chi connectivity index (χ2n) is 5.68. The summed E-state index contributed by atoms with van der Waals surface area (Å²) < 4.78 is 0. The Morgan fingerprint density at radius 3 is 2.91 bits per heavy atom. The van der Waals surface area contributed by atoms with Crippen LogP contribution in [0.4, 0.5) is 0 Å². The predicted octanol–water partition coefficient (Wildman–Crippen LogP) is 1.35. The van der Waals surface area contributed by atoms with Crippen LogP contribution < -0.4 is 0 Å². The summed E-state index contributed by atoms with van der Waals surface area (Å²) in [6.07, 6.45) is 4.57. The van der Waals surface area contributed by atoms with E-state index < -0.39 is 0 Å². The molecule has 1 N–H and O–H groups in total. The highest BCUT2D eigenvalue weighted by Gasteiger charge is 2.41. The van der Waals surface area contributed by atoms with Gasteiger partial charge in [0.2, 0.25) is 5.91 Å². The molecule has 2 aliphatic rings. The van der Waals surface area contributed by atoms with Gasteiger partial charge in [0, 0.05) is 45.6 Å². The van der Waals surface area contributed by atoms with Gasteiger partial charge in [0.15, 0.2) is 0 Å². The zero-order chi connectivity index (χ0) is 16.1. The molecule has 6 nitrogen and oxygen atoms in total. The van der Waals surface area contributed by atoms with Crippen molar-refractivity contribution in [2.75, 3.05) is 26.7 Å². The lowest BCUT2D eigenvalue weighted by Crippen LogP contribution is -2.42. The highest BCUT2D eigenvalue weighted by atomic mass is 35.5. The van der Waals surface area contributed by atoms with Gasteiger partial charge in [-0.05, 0) is 24.0 Å². The maximum absolute atomic E-state index is 12.1. The molecule has 2 atom stereocenters. The minimum atomic E-state index is -0.250. The molecule has 0 spiro atoms. The van der Waals surface area contributed by atoms with Crippen LogP contribution in [0.15, 0.2) is 18.5 Å². The average Bonchev–Trinajstić information content (AvgIpc) is 2.90. The van der Waals surface area contributed by atoms with Gasteiger partial charge in [0.25, 0.3) is 6.47 Å². The molecule has 120 valence electrons. The molecule has 0 unspecified atom stereocenters. The molecule has 7 heteroatoms. The number of carbonyl (C=O) groups excluding carboxylic acids is 1. The first-order valence-corrected chi connectivity index (χ1v) is 7.58. The Hall–Kier alpha value is -1.66. The molecule has 0 aliphatic carbocycles. The molecule has 0 aromatic carbocycles. The van der Waals surface area contributed by atoms with E-state index in [0.29, 0.717) is 16.8 Å². The summed E-state index contributed by atoms with van der Waals surface area (Å²) in [7, 11) is 1.90. The van der Waals surface area contributed by atoms with Crippen LogP contribution in [0.1, 0.15) is 12.0 Å². The van der Waals surface area contributed by atoms with E-state index in [1.54, 1.807) is 12.4 Å². The summed E-state index contributed by atoms with van der Waals surface area (Å²) in [6, 6.07) is 1.96. The molecule has 2 aliphatic heterocycles. The van der Waals surface area contributed by atoms with E-state index in [4.69, 9.17) is 21.5 Å². The zero-order valence-corrected chi connectivity index (χ0v) is 13.2. The Kier molecular flexibility index (Phi) is 5.74. The van der Waals surface area contributed by atoms with Crippen molar-refractivity contribution in [3.05, 3.63) is 29.0 Å². The number of carbonyl (C=O) groups is 2. The average molecular weight is 326 g/mol. The second kappa shape index (κ2) is 7.56. The van der Waals surface area contributed by atoms with Crippen LogP contribution in [0, 0.1) is 11.8 Å². The van der Waals surface area contributed by atoms with E-state index in [-0.39, 0.29) is 12.4 Å². The Bertz CT molecular complexity index is 541. The first kappa shape index (κ1) is 16.7. The molecular formula is C15H20ClN3O3. The van der Waals surface area contributed by atoms with Crippen molar-refractivity contribution in [2.24, 2.45) is 11.8 Å². The largest absolute Gasteiger partial charge is 0.483 e. The number of fused-ring (bicyclic) bond motifs is 1. The maximum atomic E-state index is 12.1. The van der Waals surface area contributed by atoms with Crippen LogP contribution >= 0.6 is 11.6 Å². The molecule has 0 radical (unpaired) electrons. The van der Waals surface area contributed by atoms with Gasteiger partial charge in [-0.25, -0.2) is 0 Å². The normalized spacial score (nSPS) is 24.5. The van der Waals surface area contributed by atoms with Gasteiger partial charge in [-0.3, -0.25) is 19.5 Å². The minimum Gasteiger partial charge on any atom is -0.483 e. The smallest absolute Gasteiger partial charge is 0.290 e. The first-order chi connectivity index (χ1) is 10.6. The molecule has 2 fully saturated rings. The lowest BCUT2D eigenvalue weighted by atomic mass is 9.88. The van der Waals surface area contributed by atoms with E-state index >= 15 is 0 Å². The molecule has 0 saturated carbocycles. The summed E-state index contributed by atoms with van der Waals surface area (Å²) in [6.45, 7) is 3.31. The molecule has 1 aromatic heterocycles. The van der Waals surface area contributed by atoms with Gasteiger partial charge in [-0.2, -0.15) is 0 Å². The Labute approximate surface area is 134 Å². The van der Waals surface area contributed by atoms with Gasteiger partial charge >= 0.3 is 0 Å². The van der Waals surface area contributed by atoms with Crippen LogP contribution in [0.25, 0.3) is 0 Å². The van der Waals surface area contributed by atoms with Gasteiger partial charge in [0.1, 0.15) is 0 Å². The first-order valence-electron chi connectivity index (χ1n) is 7.20. The van der Waals surface area contributed by atoms with Gasteiger partial charge in [0.05, 0.1) is 10.9 Å². The monoisotopic (exact) mass is 325 g/mol. The number of likely N-dealkylation sites (tertiary alicyclic amines) is 2. The molecule has 0 bridgehead atoms. The lowest BCUT2D eigenvalue weighted by molar-refractivity contribution is -0.137. The number of nitrogens with zero attached hydrogens (tertiary/aromatic N) is 3. The van der Waals surface area contributed by atoms with Gasteiger partial charge in [-0.15, -0.1) is 0 Å². The van der Waals surface area contributed by atoms with Crippen LogP contribution in [0.2, 0.25) is 5.02 Å². The SMILES string of the molecule is CN1CC[C@@H]2CN(Cc3ccncc3Cl)C[C@@H]2C1=O.O=CO. The highest BCUT2D eigenvalue weighted by molar-refractivity contribution is 6.31. The summed E-state index contributed by atoms with van der Waals surface area (Å²) in [5.74, 6) is 1.00. The molecule has 3 heterocycles.